The Morgan fingerprint density at radius 3 is 1.94 bits per heavy atom. The minimum absolute atomic E-state index is 0.436. The van der Waals surface area contributed by atoms with Crippen molar-refractivity contribution in [2.24, 2.45) is 23.2 Å². The van der Waals surface area contributed by atoms with Crippen molar-refractivity contribution in [3.63, 3.8) is 0 Å². The lowest BCUT2D eigenvalue weighted by molar-refractivity contribution is -0.0392. The van der Waals surface area contributed by atoms with Crippen LogP contribution in [0.5, 0.6) is 0 Å². The molecule has 4 fully saturated rings. The molecule has 1 unspecified atom stereocenters. The van der Waals surface area contributed by atoms with Gasteiger partial charge in [-0.15, -0.1) is 0 Å². The van der Waals surface area contributed by atoms with Gasteiger partial charge in [-0.25, -0.2) is 0 Å². The molecule has 1 atom stereocenters. The van der Waals surface area contributed by atoms with E-state index in [0.717, 1.165) is 30.1 Å². The summed E-state index contributed by atoms with van der Waals surface area (Å²) in [7, 11) is -2.05. The van der Waals surface area contributed by atoms with Crippen LogP contribution < -0.4 is 0 Å². The van der Waals surface area contributed by atoms with Gasteiger partial charge in [0.05, 0.1) is 7.14 Å². The average molecular weight is 252 g/mol. The Morgan fingerprint density at radius 2 is 1.59 bits per heavy atom. The standard InChI is InChI=1S/C15H25OP/c1-3-17(16,4-2)11-15-8-12-5-13(9-15)7-14(6-12)10-15/h1,12-14H,3-11H2,2H3. The quantitative estimate of drug-likeness (QED) is 0.682. The number of hydrogen-bond acceptors (Lipinski definition) is 1. The zero-order valence-corrected chi connectivity index (χ0v) is 11.9. The van der Waals surface area contributed by atoms with Crippen LogP contribution in [0.3, 0.4) is 0 Å². The molecule has 2 radical (unpaired) electrons. The molecule has 2 heteroatoms. The Kier molecular flexibility index (Phi) is 2.97. The van der Waals surface area contributed by atoms with Crippen molar-refractivity contribution in [1.82, 2.24) is 0 Å². The van der Waals surface area contributed by atoms with Crippen LogP contribution in [-0.4, -0.2) is 18.5 Å². The average Bonchev–Trinajstić information content (AvgIpc) is 2.26. The Balaban J connectivity index is 1.80. The largest absolute Gasteiger partial charge is 0.324 e. The van der Waals surface area contributed by atoms with Gasteiger partial charge in [-0.2, -0.15) is 0 Å². The van der Waals surface area contributed by atoms with Gasteiger partial charge >= 0.3 is 0 Å². The molecule has 0 aromatic rings. The lowest BCUT2D eigenvalue weighted by atomic mass is 9.50. The second kappa shape index (κ2) is 4.12. The maximum absolute atomic E-state index is 12.7. The molecule has 96 valence electrons. The highest BCUT2D eigenvalue weighted by atomic mass is 31.2. The molecule has 4 saturated carbocycles. The van der Waals surface area contributed by atoms with Crippen molar-refractivity contribution >= 4 is 7.14 Å². The van der Waals surface area contributed by atoms with E-state index in [1.165, 1.54) is 38.5 Å². The third-order valence-electron chi connectivity index (χ3n) is 5.70. The van der Waals surface area contributed by atoms with Crippen LogP contribution >= 0.6 is 7.14 Å². The Bertz CT molecular complexity index is 304. The fourth-order valence-corrected chi connectivity index (χ4v) is 7.62. The van der Waals surface area contributed by atoms with Crippen molar-refractivity contribution in [3.05, 3.63) is 6.92 Å². The molecule has 4 aliphatic rings. The lowest BCUT2D eigenvalue weighted by Crippen LogP contribution is -2.47. The Morgan fingerprint density at radius 1 is 1.12 bits per heavy atom. The normalized spacial score (nSPS) is 44.2. The van der Waals surface area contributed by atoms with Gasteiger partial charge in [-0.1, -0.05) is 6.92 Å². The first-order valence-electron chi connectivity index (χ1n) is 7.34. The third-order valence-corrected chi connectivity index (χ3v) is 8.76. The minimum Gasteiger partial charge on any atom is -0.324 e. The van der Waals surface area contributed by atoms with Crippen molar-refractivity contribution in [1.29, 1.82) is 0 Å². The maximum atomic E-state index is 12.7. The molecular formula is C15H25OP. The fourth-order valence-electron chi connectivity index (χ4n) is 5.40. The monoisotopic (exact) mass is 252 g/mol. The summed E-state index contributed by atoms with van der Waals surface area (Å²) in [6.45, 7) is 7.85. The summed E-state index contributed by atoms with van der Waals surface area (Å²) in [6, 6.07) is 0. The van der Waals surface area contributed by atoms with E-state index >= 15 is 0 Å². The summed E-state index contributed by atoms with van der Waals surface area (Å²) in [5, 5.41) is 0. The fraction of sp³-hybridized carbons (Fsp3) is 0.933. The summed E-state index contributed by atoms with van der Waals surface area (Å²) in [5.41, 5.74) is 0.444. The Hall–Kier alpha value is 0.230. The lowest BCUT2D eigenvalue weighted by Gasteiger charge is -2.57. The van der Waals surface area contributed by atoms with Crippen molar-refractivity contribution in [2.75, 3.05) is 18.5 Å². The first kappa shape index (κ1) is 12.3. The number of hydrogen-bond donors (Lipinski definition) is 0. The summed E-state index contributed by atoms with van der Waals surface area (Å²) in [6.07, 6.45) is 10.7. The zero-order valence-electron chi connectivity index (χ0n) is 11.0. The van der Waals surface area contributed by atoms with E-state index in [4.69, 9.17) is 6.92 Å². The first-order chi connectivity index (χ1) is 8.06. The number of rotatable bonds is 4. The van der Waals surface area contributed by atoms with Crippen molar-refractivity contribution < 1.29 is 4.57 Å². The molecule has 0 aliphatic heterocycles. The molecule has 0 N–H and O–H groups in total. The summed E-state index contributed by atoms with van der Waals surface area (Å²) < 4.78 is 12.7. The molecule has 0 aromatic heterocycles. The summed E-state index contributed by atoms with van der Waals surface area (Å²) in [5.74, 6) is 2.89. The van der Waals surface area contributed by atoms with Crippen LogP contribution in [-0.2, 0) is 4.57 Å². The van der Waals surface area contributed by atoms with Crippen molar-refractivity contribution in [3.8, 4) is 0 Å². The second-order valence-corrected chi connectivity index (χ2v) is 10.6. The highest BCUT2D eigenvalue weighted by Gasteiger charge is 2.52. The van der Waals surface area contributed by atoms with Gasteiger partial charge < -0.3 is 4.57 Å². The van der Waals surface area contributed by atoms with Crippen LogP contribution in [0.1, 0.15) is 45.4 Å². The molecule has 0 amide bonds. The van der Waals surface area contributed by atoms with Gasteiger partial charge in [-0.05, 0) is 74.8 Å². The molecular weight excluding hydrogens is 227 g/mol. The van der Waals surface area contributed by atoms with E-state index in [1.54, 1.807) is 0 Å². The molecule has 0 aromatic carbocycles. The highest BCUT2D eigenvalue weighted by molar-refractivity contribution is 7.64. The van der Waals surface area contributed by atoms with Gasteiger partial charge in [0.2, 0.25) is 0 Å². The molecule has 0 saturated heterocycles. The molecule has 0 spiro atoms. The van der Waals surface area contributed by atoms with E-state index in [-0.39, 0.29) is 0 Å². The van der Waals surface area contributed by atoms with E-state index in [2.05, 4.69) is 6.92 Å². The van der Waals surface area contributed by atoms with Gasteiger partial charge in [0.25, 0.3) is 0 Å². The molecule has 0 heterocycles. The predicted octanol–water partition coefficient (Wildman–Crippen LogP) is 4.30. The van der Waals surface area contributed by atoms with Gasteiger partial charge in [0, 0.05) is 12.3 Å². The third kappa shape index (κ3) is 2.14. The van der Waals surface area contributed by atoms with Crippen LogP contribution in [0.4, 0.5) is 0 Å². The molecule has 4 aliphatic carbocycles. The van der Waals surface area contributed by atoms with E-state index in [9.17, 15) is 4.57 Å². The van der Waals surface area contributed by atoms with E-state index in [1.807, 2.05) is 0 Å². The Labute approximate surface area is 106 Å². The first-order valence-corrected chi connectivity index (χ1v) is 9.60. The zero-order chi connectivity index (χ0) is 12.1. The topological polar surface area (TPSA) is 17.1 Å². The van der Waals surface area contributed by atoms with Gasteiger partial charge in [0.1, 0.15) is 0 Å². The second-order valence-electron chi connectivity index (χ2n) is 7.13. The van der Waals surface area contributed by atoms with Gasteiger partial charge in [0.15, 0.2) is 0 Å². The van der Waals surface area contributed by atoms with Crippen LogP contribution in [0.2, 0.25) is 0 Å². The molecule has 4 rings (SSSR count). The minimum atomic E-state index is -2.05. The van der Waals surface area contributed by atoms with Crippen LogP contribution in [0.25, 0.3) is 0 Å². The molecule has 4 bridgehead atoms. The highest BCUT2D eigenvalue weighted by Crippen LogP contribution is 2.64. The summed E-state index contributed by atoms with van der Waals surface area (Å²) in [4.78, 5) is 0. The SMILES string of the molecule is [CH]CP(=O)(CC)CC12CC3CC(CC(C3)C1)C2. The maximum Gasteiger partial charge on any atom is 0.0883 e. The van der Waals surface area contributed by atoms with Crippen LogP contribution in [0, 0.1) is 30.1 Å². The molecule has 1 nitrogen and oxygen atoms in total. The molecule has 17 heavy (non-hydrogen) atoms. The predicted molar refractivity (Wildman–Crippen MR) is 72.8 cm³/mol. The van der Waals surface area contributed by atoms with E-state index in [0.29, 0.717) is 11.6 Å². The van der Waals surface area contributed by atoms with Crippen LogP contribution in [0.15, 0.2) is 0 Å². The van der Waals surface area contributed by atoms with Gasteiger partial charge in [-0.3, -0.25) is 0 Å². The summed E-state index contributed by atoms with van der Waals surface area (Å²) >= 11 is 0. The van der Waals surface area contributed by atoms with Crippen molar-refractivity contribution in [2.45, 2.75) is 45.4 Å². The van der Waals surface area contributed by atoms with E-state index < -0.39 is 7.14 Å². The smallest absolute Gasteiger partial charge is 0.0883 e.